The predicted octanol–water partition coefficient (Wildman–Crippen LogP) is 4.87. The van der Waals surface area contributed by atoms with Gasteiger partial charge in [0.05, 0.1) is 16.3 Å². The first-order valence-corrected chi connectivity index (χ1v) is 8.02. The number of anilines is 1. The average molecular weight is 386 g/mol. The maximum Gasteiger partial charge on any atom is 0.416 e. The fraction of sp³-hybridized carbons (Fsp3) is 0.222. The number of rotatable bonds is 5. The van der Waals surface area contributed by atoms with Crippen LogP contribution in [0, 0.1) is 0 Å². The van der Waals surface area contributed by atoms with Gasteiger partial charge in [0.25, 0.3) is 5.91 Å². The molecule has 2 aromatic rings. The van der Waals surface area contributed by atoms with Crippen LogP contribution >= 0.6 is 11.6 Å². The van der Waals surface area contributed by atoms with Crippen LogP contribution in [0.15, 0.2) is 48.5 Å². The Balaban J connectivity index is 2.65. The van der Waals surface area contributed by atoms with Gasteiger partial charge < -0.3 is 5.11 Å². The summed E-state index contributed by atoms with van der Waals surface area (Å²) in [6, 6.07) is 8.79. The van der Waals surface area contributed by atoms with E-state index in [0.717, 1.165) is 17.0 Å². The maximum atomic E-state index is 13.1. The Hall–Kier alpha value is -2.54. The quantitative estimate of drug-likeness (QED) is 0.799. The van der Waals surface area contributed by atoms with Gasteiger partial charge >= 0.3 is 12.1 Å². The van der Waals surface area contributed by atoms with Crippen LogP contribution in [0.3, 0.4) is 0 Å². The van der Waals surface area contributed by atoms with Crippen LogP contribution in [0.5, 0.6) is 0 Å². The largest absolute Gasteiger partial charge is 0.480 e. The molecular formula is C18H15ClF3NO3. The molecule has 8 heteroatoms. The normalized spacial score (nSPS) is 12.5. The number of carbonyl (C=O) groups is 2. The number of benzene rings is 2. The second-order valence-corrected chi connectivity index (χ2v) is 5.87. The van der Waals surface area contributed by atoms with E-state index in [1.807, 2.05) is 0 Å². The highest BCUT2D eigenvalue weighted by Gasteiger charge is 2.35. The van der Waals surface area contributed by atoms with Crippen molar-refractivity contribution >= 4 is 29.2 Å². The first-order valence-electron chi connectivity index (χ1n) is 7.65. The number of alkyl halides is 3. The van der Waals surface area contributed by atoms with Crippen molar-refractivity contribution in [3.05, 3.63) is 64.7 Å². The Kier molecular flexibility index (Phi) is 5.92. The van der Waals surface area contributed by atoms with E-state index < -0.39 is 29.7 Å². The van der Waals surface area contributed by atoms with Gasteiger partial charge in [0, 0.05) is 5.56 Å². The molecule has 0 radical (unpaired) electrons. The molecule has 138 valence electrons. The average Bonchev–Trinajstić information content (AvgIpc) is 2.59. The Morgan fingerprint density at radius 2 is 1.77 bits per heavy atom. The predicted molar refractivity (Wildman–Crippen MR) is 91.4 cm³/mol. The van der Waals surface area contributed by atoms with E-state index in [1.54, 1.807) is 18.2 Å². The molecule has 0 bridgehead atoms. The zero-order valence-electron chi connectivity index (χ0n) is 13.6. The highest BCUT2D eigenvalue weighted by atomic mass is 35.5. The molecule has 0 aliphatic carbocycles. The van der Waals surface area contributed by atoms with Crippen molar-refractivity contribution in [1.82, 2.24) is 0 Å². The van der Waals surface area contributed by atoms with Crippen molar-refractivity contribution in [2.24, 2.45) is 0 Å². The minimum Gasteiger partial charge on any atom is -0.480 e. The first kappa shape index (κ1) is 19.8. The Morgan fingerprint density at radius 3 is 2.27 bits per heavy atom. The van der Waals surface area contributed by atoms with Crippen LogP contribution < -0.4 is 4.90 Å². The number of nitrogens with zero attached hydrogens (tertiary/aromatic N) is 1. The van der Waals surface area contributed by atoms with E-state index in [1.165, 1.54) is 19.1 Å². The van der Waals surface area contributed by atoms with Crippen molar-refractivity contribution in [1.29, 1.82) is 0 Å². The van der Waals surface area contributed by atoms with Gasteiger partial charge in [-0.3, -0.25) is 9.69 Å². The molecule has 0 fully saturated rings. The molecule has 26 heavy (non-hydrogen) atoms. The number of carboxylic acids is 1. The van der Waals surface area contributed by atoms with Crippen LogP contribution in [0.4, 0.5) is 18.9 Å². The number of hydrogen-bond acceptors (Lipinski definition) is 2. The van der Waals surface area contributed by atoms with Crippen molar-refractivity contribution in [3.8, 4) is 0 Å². The Bertz CT molecular complexity index is 809. The molecule has 0 heterocycles. The number of carbonyl (C=O) groups excluding carboxylic acids is 1. The zero-order valence-corrected chi connectivity index (χ0v) is 14.4. The van der Waals surface area contributed by atoms with E-state index in [9.17, 15) is 27.9 Å². The summed E-state index contributed by atoms with van der Waals surface area (Å²) in [5.41, 5.74) is -1.19. The van der Waals surface area contributed by atoms with Gasteiger partial charge in [-0.2, -0.15) is 13.2 Å². The molecule has 0 aliphatic heterocycles. The maximum absolute atomic E-state index is 13.1. The van der Waals surface area contributed by atoms with Crippen molar-refractivity contribution in [2.45, 2.75) is 25.6 Å². The summed E-state index contributed by atoms with van der Waals surface area (Å²) in [5, 5.41) is 9.31. The number of amides is 1. The second kappa shape index (κ2) is 7.78. The van der Waals surface area contributed by atoms with Crippen molar-refractivity contribution in [2.75, 3.05) is 4.90 Å². The second-order valence-electron chi connectivity index (χ2n) is 5.47. The van der Waals surface area contributed by atoms with E-state index >= 15 is 0 Å². The van der Waals surface area contributed by atoms with Crippen LogP contribution in [0.1, 0.15) is 29.3 Å². The highest BCUT2D eigenvalue weighted by Crippen LogP contribution is 2.37. The van der Waals surface area contributed by atoms with Gasteiger partial charge in [-0.05, 0) is 36.8 Å². The summed E-state index contributed by atoms with van der Waals surface area (Å²) in [4.78, 5) is 25.3. The third-order valence-electron chi connectivity index (χ3n) is 3.76. The van der Waals surface area contributed by atoms with E-state index in [0.29, 0.717) is 6.07 Å². The number of aliphatic carboxylic acids is 1. The molecule has 0 aliphatic rings. The molecule has 1 unspecified atom stereocenters. The van der Waals surface area contributed by atoms with Crippen LogP contribution in [0.2, 0.25) is 5.02 Å². The molecule has 1 amide bonds. The molecule has 0 saturated heterocycles. The van der Waals surface area contributed by atoms with Crippen molar-refractivity contribution < 1.29 is 27.9 Å². The van der Waals surface area contributed by atoms with E-state index in [-0.39, 0.29) is 22.7 Å². The number of halogens is 4. The molecule has 4 nitrogen and oxygen atoms in total. The van der Waals surface area contributed by atoms with Gasteiger partial charge in [-0.15, -0.1) is 0 Å². The molecule has 1 atom stereocenters. The molecule has 2 aromatic carbocycles. The lowest BCUT2D eigenvalue weighted by atomic mass is 10.1. The number of carboxylic acid groups (broad SMARTS) is 1. The van der Waals surface area contributed by atoms with Crippen LogP contribution in [0.25, 0.3) is 0 Å². The monoisotopic (exact) mass is 385 g/mol. The van der Waals surface area contributed by atoms with Crippen molar-refractivity contribution in [3.63, 3.8) is 0 Å². The third-order valence-corrected chi connectivity index (χ3v) is 4.08. The summed E-state index contributed by atoms with van der Waals surface area (Å²) >= 11 is 6.02. The van der Waals surface area contributed by atoms with Gasteiger partial charge in [-0.25, -0.2) is 4.79 Å². The van der Waals surface area contributed by atoms with E-state index in [2.05, 4.69) is 0 Å². The van der Waals surface area contributed by atoms with Crippen LogP contribution in [-0.2, 0) is 11.0 Å². The van der Waals surface area contributed by atoms with Gasteiger partial charge in [0.2, 0.25) is 0 Å². The summed E-state index contributed by atoms with van der Waals surface area (Å²) in [5.74, 6) is -2.09. The summed E-state index contributed by atoms with van der Waals surface area (Å²) < 4.78 is 39.2. The van der Waals surface area contributed by atoms with Gasteiger partial charge in [-0.1, -0.05) is 36.7 Å². The molecule has 0 saturated carbocycles. The lowest BCUT2D eigenvalue weighted by molar-refractivity contribution is -0.138. The standard InChI is InChI=1S/C18H15ClF3NO3/c1-2-14(17(25)26)23(16(24)11-6-4-3-5-7-11)15-10-12(18(20,21)22)8-9-13(15)19/h3-10,14H,2H2,1H3,(H,25,26). The Labute approximate surface area is 152 Å². The van der Waals surface area contributed by atoms with Gasteiger partial charge in [0.1, 0.15) is 6.04 Å². The fourth-order valence-corrected chi connectivity index (χ4v) is 2.69. The number of hydrogen-bond donors (Lipinski definition) is 1. The topological polar surface area (TPSA) is 57.6 Å². The Morgan fingerprint density at radius 1 is 1.15 bits per heavy atom. The molecule has 0 spiro atoms. The molecule has 0 aromatic heterocycles. The molecular weight excluding hydrogens is 371 g/mol. The minimum absolute atomic E-state index is 0.0134. The molecule has 1 N–H and O–H groups in total. The van der Waals surface area contributed by atoms with Gasteiger partial charge in [0.15, 0.2) is 0 Å². The minimum atomic E-state index is -4.66. The van der Waals surface area contributed by atoms with Crippen LogP contribution in [-0.4, -0.2) is 23.0 Å². The zero-order chi connectivity index (χ0) is 19.5. The molecule has 2 rings (SSSR count). The smallest absolute Gasteiger partial charge is 0.416 e. The third kappa shape index (κ3) is 4.16. The summed E-state index contributed by atoms with van der Waals surface area (Å²) in [6.45, 7) is 1.52. The SMILES string of the molecule is CCC(C(=O)O)N(C(=O)c1ccccc1)c1cc(C(F)(F)F)ccc1Cl. The fourth-order valence-electron chi connectivity index (χ4n) is 2.48. The van der Waals surface area contributed by atoms with E-state index in [4.69, 9.17) is 11.6 Å². The summed E-state index contributed by atoms with van der Waals surface area (Å²) in [7, 11) is 0. The lowest BCUT2D eigenvalue weighted by Crippen LogP contribution is -2.45. The first-order chi connectivity index (χ1) is 12.2. The highest BCUT2D eigenvalue weighted by molar-refractivity contribution is 6.34. The summed E-state index contributed by atoms with van der Waals surface area (Å²) in [6.07, 6.45) is -4.67. The lowest BCUT2D eigenvalue weighted by Gasteiger charge is -2.30.